The van der Waals surface area contributed by atoms with E-state index in [1.54, 1.807) is 0 Å². The maximum atomic E-state index is 13.1. The number of aromatic nitrogens is 1. The minimum atomic E-state index is -5.07. The number of carbonyl (C=O) groups is 2. The number of hydrogen-bond donors (Lipinski definition) is 2. The third kappa shape index (κ3) is 9.57. The normalized spacial score (nSPS) is 11.9. The van der Waals surface area contributed by atoms with Gasteiger partial charge in [-0.3, -0.25) is 4.79 Å². The van der Waals surface area contributed by atoms with E-state index in [-0.39, 0.29) is 43.8 Å². The topological polar surface area (TPSA) is 106 Å². The summed E-state index contributed by atoms with van der Waals surface area (Å²) in [4.78, 5) is 30.0. The number of nitrogens with zero attached hydrogens (tertiary/aromatic N) is 2. The Morgan fingerprint density at radius 2 is 1.57 bits per heavy atom. The van der Waals surface area contributed by atoms with Gasteiger partial charge >= 0.3 is 18.4 Å². The first-order chi connectivity index (χ1) is 17.3. The molecule has 0 bridgehead atoms. The van der Waals surface area contributed by atoms with Crippen molar-refractivity contribution in [1.82, 2.24) is 15.2 Å². The monoisotopic (exact) mass is 540 g/mol. The third-order valence-electron chi connectivity index (χ3n) is 4.82. The molecule has 0 spiro atoms. The van der Waals surface area contributed by atoms with Crippen molar-refractivity contribution in [1.29, 1.82) is 0 Å². The van der Waals surface area contributed by atoms with Crippen molar-refractivity contribution in [3.63, 3.8) is 0 Å². The number of methoxy groups -OCH3 is 2. The zero-order valence-electron chi connectivity index (χ0n) is 20.0. The largest absolute Gasteiger partial charge is 0.446 e. The van der Waals surface area contributed by atoms with E-state index >= 15 is 0 Å². The summed E-state index contributed by atoms with van der Waals surface area (Å²) < 4.78 is 93.9. The number of oxazole rings is 1. The van der Waals surface area contributed by atoms with Crippen LogP contribution in [0.25, 0.3) is 0 Å². The average Bonchev–Trinajstić information content (AvgIpc) is 3.28. The highest BCUT2D eigenvalue weighted by molar-refractivity contribution is 5.92. The Morgan fingerprint density at radius 3 is 2.14 bits per heavy atom. The van der Waals surface area contributed by atoms with Gasteiger partial charge in [-0.25, -0.2) is 9.78 Å². The van der Waals surface area contributed by atoms with Crippen LogP contribution in [-0.4, -0.2) is 62.3 Å². The van der Waals surface area contributed by atoms with Crippen LogP contribution in [0.15, 0.2) is 28.9 Å². The van der Waals surface area contributed by atoms with Crippen LogP contribution >= 0.6 is 0 Å². The standard InChI is InChI=1S/C22H26F6N4O5/c1-35-7-3-5-29-19(33)17-13-37-18(31-17)12-32(6-4-8-36-2)20(34)30-16-10-14(21(23,24)25)9-15(11-16)22(26,27)28/h9-11,13H,3-8,12H2,1-2H3,(H,29,33)(H,30,34). The smallest absolute Gasteiger partial charge is 0.416 e. The first kappa shape index (κ1) is 29.9. The molecule has 0 aliphatic rings. The zero-order chi connectivity index (χ0) is 27.6. The first-order valence-electron chi connectivity index (χ1n) is 10.9. The van der Waals surface area contributed by atoms with Crippen LogP contribution in [0.2, 0.25) is 0 Å². The Labute approximate surface area is 208 Å². The van der Waals surface area contributed by atoms with Crippen LogP contribution in [0.5, 0.6) is 0 Å². The molecule has 1 aromatic heterocycles. The Morgan fingerprint density at radius 1 is 0.973 bits per heavy atom. The summed E-state index contributed by atoms with van der Waals surface area (Å²) in [5.41, 5.74) is -3.92. The zero-order valence-corrected chi connectivity index (χ0v) is 20.0. The molecule has 0 unspecified atom stereocenters. The van der Waals surface area contributed by atoms with Gasteiger partial charge in [-0.05, 0) is 31.0 Å². The Bertz CT molecular complexity index is 1010. The van der Waals surface area contributed by atoms with Crippen LogP contribution in [0.3, 0.4) is 0 Å². The van der Waals surface area contributed by atoms with Gasteiger partial charge in [0.25, 0.3) is 5.91 Å². The average molecular weight is 540 g/mol. The lowest BCUT2D eigenvalue weighted by molar-refractivity contribution is -0.143. The SMILES string of the molecule is COCCCNC(=O)c1coc(CN(CCCOC)C(=O)Nc2cc(C(F)(F)F)cc(C(F)(F)F)c2)n1. The van der Waals surface area contributed by atoms with Crippen molar-refractivity contribution in [3.05, 3.63) is 47.2 Å². The maximum Gasteiger partial charge on any atom is 0.416 e. The molecule has 0 saturated heterocycles. The number of urea groups is 1. The Hall–Kier alpha value is -3.33. The molecule has 0 atom stereocenters. The molecule has 15 heteroatoms. The van der Waals surface area contributed by atoms with Gasteiger partial charge in [0.2, 0.25) is 5.89 Å². The predicted octanol–water partition coefficient (Wildman–Crippen LogP) is 4.55. The molecule has 2 rings (SSSR count). The second kappa shape index (κ2) is 13.3. The van der Waals surface area contributed by atoms with Crippen molar-refractivity contribution in [3.8, 4) is 0 Å². The number of rotatable bonds is 12. The molecular formula is C22H26F6N4O5. The van der Waals surface area contributed by atoms with E-state index in [4.69, 9.17) is 13.9 Å². The number of ether oxygens (including phenoxy) is 2. The molecule has 1 heterocycles. The number of nitrogens with one attached hydrogen (secondary N) is 2. The van der Waals surface area contributed by atoms with E-state index in [1.807, 2.05) is 0 Å². The minimum absolute atomic E-state index is 0.00824. The summed E-state index contributed by atoms with van der Waals surface area (Å²) in [6.07, 6.45) is -8.23. The summed E-state index contributed by atoms with van der Waals surface area (Å²) in [5.74, 6) is -0.611. The van der Waals surface area contributed by atoms with Crippen LogP contribution in [-0.2, 0) is 28.4 Å². The number of alkyl halides is 6. The van der Waals surface area contributed by atoms with E-state index in [0.29, 0.717) is 31.7 Å². The lowest BCUT2D eigenvalue weighted by Gasteiger charge is -2.22. The fraction of sp³-hybridized carbons (Fsp3) is 0.500. The molecule has 0 aliphatic heterocycles. The number of benzene rings is 1. The molecule has 9 nitrogen and oxygen atoms in total. The van der Waals surface area contributed by atoms with Gasteiger partial charge in [-0.15, -0.1) is 0 Å². The molecule has 2 N–H and O–H groups in total. The quantitative estimate of drug-likeness (QED) is 0.302. The number of hydrogen-bond acceptors (Lipinski definition) is 6. The van der Waals surface area contributed by atoms with Crippen LogP contribution in [0, 0.1) is 0 Å². The lowest BCUT2D eigenvalue weighted by Crippen LogP contribution is -2.36. The molecule has 2 aromatic rings. The number of anilines is 1. The highest BCUT2D eigenvalue weighted by atomic mass is 19.4. The van der Waals surface area contributed by atoms with Gasteiger partial charge in [-0.2, -0.15) is 26.3 Å². The summed E-state index contributed by atoms with van der Waals surface area (Å²) in [5, 5.41) is 4.67. The third-order valence-corrected chi connectivity index (χ3v) is 4.82. The fourth-order valence-corrected chi connectivity index (χ4v) is 3.04. The van der Waals surface area contributed by atoms with Crippen LogP contribution in [0.4, 0.5) is 36.8 Å². The molecule has 0 saturated carbocycles. The van der Waals surface area contributed by atoms with Crippen molar-refractivity contribution >= 4 is 17.6 Å². The van der Waals surface area contributed by atoms with Crippen molar-refractivity contribution in [2.24, 2.45) is 0 Å². The second-order valence-electron chi connectivity index (χ2n) is 7.72. The van der Waals surface area contributed by atoms with Crippen LogP contribution in [0.1, 0.15) is 40.3 Å². The van der Waals surface area contributed by atoms with Gasteiger partial charge in [-0.1, -0.05) is 0 Å². The first-order valence-corrected chi connectivity index (χ1v) is 10.9. The van der Waals surface area contributed by atoms with Crippen molar-refractivity contribution < 1.29 is 49.8 Å². The second-order valence-corrected chi connectivity index (χ2v) is 7.72. The van der Waals surface area contributed by atoms with Crippen molar-refractivity contribution in [2.75, 3.05) is 45.8 Å². The molecule has 0 radical (unpaired) electrons. The summed E-state index contributed by atoms with van der Waals surface area (Å²) >= 11 is 0. The number of halogens is 6. The number of amides is 3. The highest BCUT2D eigenvalue weighted by Gasteiger charge is 2.37. The van der Waals surface area contributed by atoms with E-state index in [1.165, 1.54) is 14.2 Å². The molecular weight excluding hydrogens is 514 g/mol. The molecule has 1 aromatic carbocycles. The number of carbonyl (C=O) groups excluding carboxylic acids is 2. The maximum absolute atomic E-state index is 13.1. The van der Waals surface area contributed by atoms with Crippen molar-refractivity contribution in [2.45, 2.75) is 31.7 Å². The molecule has 37 heavy (non-hydrogen) atoms. The van der Waals surface area contributed by atoms with Gasteiger partial charge in [0.15, 0.2) is 5.69 Å². The van der Waals surface area contributed by atoms with E-state index in [0.717, 1.165) is 11.2 Å². The summed E-state index contributed by atoms with van der Waals surface area (Å²) in [6.45, 7) is 0.638. The Kier molecular flexibility index (Phi) is 10.7. The van der Waals surface area contributed by atoms with Gasteiger partial charge in [0.05, 0.1) is 17.7 Å². The lowest BCUT2D eigenvalue weighted by atomic mass is 10.1. The van der Waals surface area contributed by atoms with E-state index < -0.39 is 41.1 Å². The van der Waals surface area contributed by atoms with Gasteiger partial charge < -0.3 is 29.4 Å². The fourth-order valence-electron chi connectivity index (χ4n) is 3.04. The molecule has 0 fully saturated rings. The van der Waals surface area contributed by atoms with Gasteiger partial charge in [0, 0.05) is 46.2 Å². The van der Waals surface area contributed by atoms with E-state index in [2.05, 4.69) is 15.6 Å². The predicted molar refractivity (Wildman–Crippen MR) is 118 cm³/mol. The minimum Gasteiger partial charge on any atom is -0.446 e. The van der Waals surface area contributed by atoms with E-state index in [9.17, 15) is 35.9 Å². The highest BCUT2D eigenvalue weighted by Crippen LogP contribution is 2.37. The molecule has 206 valence electrons. The summed E-state index contributed by atoms with van der Waals surface area (Å²) in [7, 11) is 2.93. The molecule has 0 aliphatic carbocycles. The molecule has 3 amide bonds. The van der Waals surface area contributed by atoms with Gasteiger partial charge in [0.1, 0.15) is 6.26 Å². The van der Waals surface area contributed by atoms with Crippen LogP contribution < -0.4 is 10.6 Å². The Balaban J connectivity index is 2.20. The summed E-state index contributed by atoms with van der Waals surface area (Å²) in [6, 6.07) is -0.247.